The molecule has 1 aromatic rings. The number of nitrogens with one attached hydrogen (secondary N) is 1. The summed E-state index contributed by atoms with van der Waals surface area (Å²) in [6, 6.07) is 3.85. The van der Waals surface area contributed by atoms with Gasteiger partial charge in [0, 0.05) is 18.1 Å². The first-order valence-corrected chi connectivity index (χ1v) is 6.91. The Bertz CT molecular complexity index is 606. The molecule has 1 saturated heterocycles. The highest BCUT2D eigenvalue weighted by atomic mass is 35.5. The summed E-state index contributed by atoms with van der Waals surface area (Å²) in [5.74, 6) is -1.36. The molecule has 1 fully saturated rings. The fourth-order valence-corrected chi connectivity index (χ4v) is 2.20. The van der Waals surface area contributed by atoms with Crippen molar-refractivity contribution in [3.05, 3.63) is 33.8 Å². The number of ether oxygens (including phenoxy) is 1. The molecule has 1 aromatic carbocycles. The summed E-state index contributed by atoms with van der Waals surface area (Å²) in [7, 11) is 0. The number of amides is 3. The fraction of sp³-hybridized carbons (Fsp3) is 0.308. The summed E-state index contributed by atoms with van der Waals surface area (Å²) in [5, 5.41) is 2.99. The lowest BCUT2D eigenvalue weighted by Gasteiger charge is -2.18. The molecule has 8 heteroatoms. The second kappa shape index (κ2) is 6.32. The van der Waals surface area contributed by atoms with Crippen LogP contribution in [-0.4, -0.2) is 42.0 Å². The molecule has 0 bridgehead atoms. The van der Waals surface area contributed by atoms with Crippen LogP contribution in [0.5, 0.6) is 0 Å². The predicted octanol–water partition coefficient (Wildman–Crippen LogP) is 2.09. The third-order valence-electron chi connectivity index (χ3n) is 2.90. The molecular weight excluding hydrogens is 319 g/mol. The second-order valence-corrected chi connectivity index (χ2v) is 5.24. The molecule has 0 aromatic heterocycles. The molecule has 0 spiro atoms. The van der Waals surface area contributed by atoms with E-state index in [0.29, 0.717) is 11.6 Å². The number of rotatable bonds is 3. The quantitative estimate of drug-likeness (QED) is 0.861. The van der Waals surface area contributed by atoms with E-state index in [4.69, 9.17) is 27.9 Å². The summed E-state index contributed by atoms with van der Waals surface area (Å²) in [6.45, 7) is 2.02. The lowest BCUT2D eigenvalue weighted by Crippen LogP contribution is -2.41. The Hall–Kier alpha value is -1.79. The van der Waals surface area contributed by atoms with Crippen LogP contribution in [0, 0.1) is 0 Å². The first-order chi connectivity index (χ1) is 9.90. The van der Waals surface area contributed by atoms with Crippen LogP contribution < -0.4 is 5.32 Å². The molecule has 1 atom stereocenters. The van der Waals surface area contributed by atoms with E-state index in [1.165, 1.54) is 25.1 Å². The molecule has 0 saturated carbocycles. The summed E-state index contributed by atoms with van der Waals surface area (Å²) in [6.07, 6.45) is -1.10. The topological polar surface area (TPSA) is 75.7 Å². The molecule has 1 N–H and O–H groups in total. The Balaban J connectivity index is 2.06. The third-order valence-corrected chi connectivity index (χ3v) is 3.47. The molecule has 2 rings (SSSR count). The number of halogens is 2. The first-order valence-electron chi connectivity index (χ1n) is 6.15. The number of carbonyl (C=O) groups is 3. The van der Waals surface area contributed by atoms with Crippen molar-refractivity contribution in [3.63, 3.8) is 0 Å². The molecule has 112 valence electrons. The van der Waals surface area contributed by atoms with Gasteiger partial charge in [-0.1, -0.05) is 23.2 Å². The number of hydrogen-bond acceptors (Lipinski definition) is 4. The van der Waals surface area contributed by atoms with E-state index in [-0.39, 0.29) is 17.1 Å². The van der Waals surface area contributed by atoms with E-state index in [0.717, 1.165) is 4.90 Å². The number of imide groups is 1. The smallest absolute Gasteiger partial charge is 0.340 e. The van der Waals surface area contributed by atoms with Crippen molar-refractivity contribution in [1.29, 1.82) is 0 Å². The maximum Gasteiger partial charge on any atom is 0.340 e. The predicted molar refractivity (Wildman–Crippen MR) is 76.5 cm³/mol. The lowest BCUT2D eigenvalue weighted by atomic mass is 10.2. The monoisotopic (exact) mass is 330 g/mol. The molecule has 21 heavy (non-hydrogen) atoms. The maximum atomic E-state index is 12.0. The van der Waals surface area contributed by atoms with Crippen LogP contribution in [0.3, 0.4) is 0 Å². The van der Waals surface area contributed by atoms with E-state index in [2.05, 4.69) is 5.32 Å². The summed E-state index contributed by atoms with van der Waals surface area (Å²) >= 11 is 11.7. The number of nitrogens with zero attached hydrogens (tertiary/aromatic N) is 1. The van der Waals surface area contributed by atoms with E-state index in [1.807, 2.05) is 0 Å². The number of hydrogen-bond donors (Lipinski definition) is 1. The zero-order chi connectivity index (χ0) is 15.6. The van der Waals surface area contributed by atoms with Crippen molar-refractivity contribution in [1.82, 2.24) is 10.2 Å². The normalized spacial score (nSPS) is 15.6. The van der Waals surface area contributed by atoms with Gasteiger partial charge in [0.2, 0.25) is 0 Å². The van der Waals surface area contributed by atoms with Crippen molar-refractivity contribution in [2.75, 3.05) is 13.1 Å². The van der Waals surface area contributed by atoms with Gasteiger partial charge >= 0.3 is 12.0 Å². The minimum absolute atomic E-state index is 0.0645. The molecule has 1 heterocycles. The molecule has 3 amide bonds. The van der Waals surface area contributed by atoms with E-state index in [1.54, 1.807) is 0 Å². The van der Waals surface area contributed by atoms with Gasteiger partial charge in [-0.25, -0.2) is 9.59 Å². The van der Waals surface area contributed by atoms with Crippen LogP contribution in [0.15, 0.2) is 18.2 Å². The number of urea groups is 1. The number of carbonyl (C=O) groups excluding carboxylic acids is 3. The molecule has 0 aliphatic carbocycles. The highest BCUT2D eigenvalue weighted by Crippen LogP contribution is 2.22. The van der Waals surface area contributed by atoms with Crippen LogP contribution >= 0.6 is 23.2 Å². The minimum Gasteiger partial charge on any atom is -0.449 e. The van der Waals surface area contributed by atoms with Gasteiger partial charge in [-0.2, -0.15) is 0 Å². The van der Waals surface area contributed by atoms with Crippen LogP contribution in [0.2, 0.25) is 10.0 Å². The average Bonchev–Trinajstić information content (AvgIpc) is 2.86. The Labute approximate surface area is 130 Å². The fourth-order valence-electron chi connectivity index (χ4n) is 1.83. The van der Waals surface area contributed by atoms with Crippen molar-refractivity contribution in [2.45, 2.75) is 13.0 Å². The van der Waals surface area contributed by atoms with Gasteiger partial charge in [0.15, 0.2) is 6.10 Å². The van der Waals surface area contributed by atoms with Crippen molar-refractivity contribution >= 4 is 41.1 Å². The van der Waals surface area contributed by atoms with Gasteiger partial charge in [0.05, 0.1) is 10.6 Å². The van der Waals surface area contributed by atoms with Gasteiger partial charge in [-0.15, -0.1) is 0 Å². The van der Waals surface area contributed by atoms with Crippen molar-refractivity contribution < 1.29 is 19.1 Å². The Morgan fingerprint density at radius 3 is 2.71 bits per heavy atom. The van der Waals surface area contributed by atoms with Crippen molar-refractivity contribution in [3.8, 4) is 0 Å². The Morgan fingerprint density at radius 2 is 2.10 bits per heavy atom. The number of benzene rings is 1. The van der Waals surface area contributed by atoms with Gasteiger partial charge in [0.1, 0.15) is 0 Å². The summed E-state index contributed by atoms with van der Waals surface area (Å²) in [5.41, 5.74) is 0.0645. The van der Waals surface area contributed by atoms with Gasteiger partial charge in [0.25, 0.3) is 5.91 Å². The van der Waals surface area contributed by atoms with E-state index >= 15 is 0 Å². The van der Waals surface area contributed by atoms with Crippen LogP contribution in [0.4, 0.5) is 4.79 Å². The molecule has 1 unspecified atom stereocenters. The van der Waals surface area contributed by atoms with Gasteiger partial charge in [-0.05, 0) is 25.1 Å². The molecular formula is C13H12Cl2N2O4. The van der Waals surface area contributed by atoms with Gasteiger partial charge in [-0.3, -0.25) is 9.69 Å². The highest BCUT2D eigenvalue weighted by Gasteiger charge is 2.32. The number of esters is 1. The highest BCUT2D eigenvalue weighted by molar-refractivity contribution is 6.35. The summed E-state index contributed by atoms with van der Waals surface area (Å²) < 4.78 is 5.04. The van der Waals surface area contributed by atoms with Crippen molar-refractivity contribution in [2.24, 2.45) is 0 Å². The third kappa shape index (κ3) is 3.46. The average molecular weight is 331 g/mol. The molecule has 0 radical (unpaired) electrons. The first kappa shape index (κ1) is 15.6. The van der Waals surface area contributed by atoms with Gasteiger partial charge < -0.3 is 10.1 Å². The molecule has 1 aliphatic heterocycles. The largest absolute Gasteiger partial charge is 0.449 e. The zero-order valence-corrected chi connectivity index (χ0v) is 12.6. The molecule has 1 aliphatic rings. The van der Waals surface area contributed by atoms with Crippen LogP contribution in [0.25, 0.3) is 0 Å². The SMILES string of the molecule is CC(OC(=O)c1cc(Cl)ccc1Cl)C(=O)N1CCNC1=O. The second-order valence-electron chi connectivity index (χ2n) is 4.39. The minimum atomic E-state index is -1.10. The molecule has 6 nitrogen and oxygen atoms in total. The zero-order valence-electron chi connectivity index (χ0n) is 11.1. The van der Waals surface area contributed by atoms with E-state index < -0.39 is 24.0 Å². The van der Waals surface area contributed by atoms with Crippen LogP contribution in [-0.2, 0) is 9.53 Å². The standard InChI is InChI=1S/C13H12Cl2N2O4/c1-7(11(18)17-5-4-16-13(17)20)21-12(19)9-6-8(14)2-3-10(9)15/h2-3,6-7H,4-5H2,1H3,(H,16,20). The van der Waals surface area contributed by atoms with E-state index in [9.17, 15) is 14.4 Å². The Kier molecular flexibility index (Phi) is 4.69. The van der Waals surface area contributed by atoms with Crippen LogP contribution in [0.1, 0.15) is 17.3 Å². The summed E-state index contributed by atoms with van der Waals surface area (Å²) in [4.78, 5) is 36.4. The Morgan fingerprint density at radius 1 is 1.38 bits per heavy atom. The lowest BCUT2D eigenvalue weighted by molar-refractivity contribution is -0.136. The maximum absolute atomic E-state index is 12.0.